The molecule has 1 atom stereocenters. The second kappa shape index (κ2) is 8.97. The quantitative estimate of drug-likeness (QED) is 0.600. The molecule has 8 nitrogen and oxygen atoms in total. The van der Waals surface area contributed by atoms with Crippen LogP contribution in [0, 0.1) is 5.92 Å². The van der Waals surface area contributed by atoms with Crippen molar-refractivity contribution < 1.29 is 24.2 Å². The van der Waals surface area contributed by atoms with Crippen LogP contribution in [0.15, 0.2) is 66.7 Å². The molecular formula is C26H23N3O5. The summed E-state index contributed by atoms with van der Waals surface area (Å²) in [6, 6.07) is 20.9. The number of carboxylic acids is 1. The molecule has 1 aromatic heterocycles. The van der Waals surface area contributed by atoms with Gasteiger partial charge in [-0.3, -0.25) is 14.9 Å². The number of ether oxygens (including phenoxy) is 1. The molecule has 0 saturated carbocycles. The van der Waals surface area contributed by atoms with Crippen LogP contribution in [0.2, 0.25) is 0 Å². The number of carboxylic acid groups (broad SMARTS) is 1. The number of hydrogen-bond donors (Lipinski definition) is 2. The van der Waals surface area contributed by atoms with Crippen molar-refractivity contribution in [3.63, 3.8) is 0 Å². The molecule has 172 valence electrons. The van der Waals surface area contributed by atoms with E-state index in [-0.39, 0.29) is 36.5 Å². The molecule has 2 aliphatic rings. The normalized spacial score (nSPS) is 16.6. The summed E-state index contributed by atoms with van der Waals surface area (Å²) in [6.07, 6.45) is -0.246. The van der Waals surface area contributed by atoms with E-state index >= 15 is 0 Å². The molecule has 0 radical (unpaired) electrons. The van der Waals surface area contributed by atoms with Gasteiger partial charge in [-0.2, -0.15) is 0 Å². The van der Waals surface area contributed by atoms with Gasteiger partial charge in [-0.05, 0) is 40.8 Å². The number of aliphatic carboxylic acids is 1. The molecule has 0 spiro atoms. The number of carbonyl (C=O) groups excluding carboxylic acids is 2. The Kier molecular flexibility index (Phi) is 5.71. The van der Waals surface area contributed by atoms with Crippen molar-refractivity contribution in [2.75, 3.05) is 25.0 Å². The maximum atomic E-state index is 12.7. The van der Waals surface area contributed by atoms with Gasteiger partial charge in [-0.25, -0.2) is 9.78 Å². The third-order valence-electron chi connectivity index (χ3n) is 6.37. The molecule has 2 amide bonds. The van der Waals surface area contributed by atoms with Gasteiger partial charge < -0.3 is 14.7 Å². The molecular weight excluding hydrogens is 434 g/mol. The van der Waals surface area contributed by atoms with Crippen LogP contribution in [0.25, 0.3) is 11.1 Å². The largest absolute Gasteiger partial charge is 0.481 e. The van der Waals surface area contributed by atoms with Crippen LogP contribution in [0.3, 0.4) is 0 Å². The van der Waals surface area contributed by atoms with Crippen LogP contribution in [0.5, 0.6) is 0 Å². The first kappa shape index (κ1) is 21.6. The highest BCUT2D eigenvalue weighted by Gasteiger charge is 2.32. The number of benzene rings is 2. The van der Waals surface area contributed by atoms with E-state index in [0.717, 1.165) is 22.3 Å². The Bertz CT molecular complexity index is 1230. The van der Waals surface area contributed by atoms with Crippen molar-refractivity contribution in [3.05, 3.63) is 83.6 Å². The minimum Gasteiger partial charge on any atom is -0.481 e. The smallest absolute Gasteiger partial charge is 0.412 e. The summed E-state index contributed by atoms with van der Waals surface area (Å²) in [5.41, 5.74) is 4.67. The summed E-state index contributed by atoms with van der Waals surface area (Å²) in [5.74, 6) is -1.70. The van der Waals surface area contributed by atoms with E-state index in [1.165, 1.54) is 4.90 Å². The summed E-state index contributed by atoms with van der Waals surface area (Å²) >= 11 is 0. The minimum atomic E-state index is -0.908. The lowest BCUT2D eigenvalue weighted by atomic mass is 9.98. The zero-order valence-electron chi connectivity index (χ0n) is 18.3. The lowest BCUT2D eigenvalue weighted by molar-refractivity contribution is -0.141. The average Bonchev–Trinajstić information content (AvgIpc) is 3.46. The van der Waals surface area contributed by atoms with Crippen molar-refractivity contribution in [1.29, 1.82) is 0 Å². The maximum absolute atomic E-state index is 12.7. The molecule has 1 unspecified atom stereocenters. The zero-order valence-corrected chi connectivity index (χ0v) is 18.3. The highest BCUT2D eigenvalue weighted by Crippen LogP contribution is 2.44. The second-order valence-corrected chi connectivity index (χ2v) is 8.43. The summed E-state index contributed by atoms with van der Waals surface area (Å²) in [6.45, 7) is 0.685. The number of anilines is 1. The molecule has 2 N–H and O–H groups in total. The van der Waals surface area contributed by atoms with E-state index in [2.05, 4.69) is 22.4 Å². The van der Waals surface area contributed by atoms with E-state index in [4.69, 9.17) is 9.84 Å². The number of rotatable bonds is 5. The Morgan fingerprint density at radius 1 is 0.971 bits per heavy atom. The van der Waals surface area contributed by atoms with Crippen molar-refractivity contribution >= 4 is 23.8 Å². The van der Waals surface area contributed by atoms with E-state index in [1.807, 2.05) is 36.4 Å². The Morgan fingerprint density at radius 2 is 1.65 bits per heavy atom. The number of likely N-dealkylation sites (tertiary alicyclic amines) is 1. The van der Waals surface area contributed by atoms with Crippen LogP contribution in [-0.2, 0) is 9.53 Å². The van der Waals surface area contributed by atoms with Crippen LogP contribution in [0.4, 0.5) is 10.6 Å². The van der Waals surface area contributed by atoms with Crippen LogP contribution in [-0.4, -0.2) is 52.7 Å². The third-order valence-corrected chi connectivity index (χ3v) is 6.37. The molecule has 1 fully saturated rings. The monoisotopic (exact) mass is 457 g/mol. The predicted octanol–water partition coefficient (Wildman–Crippen LogP) is 3.99. The average molecular weight is 457 g/mol. The molecule has 2 aromatic carbocycles. The molecule has 0 bridgehead atoms. The number of pyridine rings is 1. The summed E-state index contributed by atoms with van der Waals surface area (Å²) < 4.78 is 5.53. The highest BCUT2D eigenvalue weighted by atomic mass is 16.5. The van der Waals surface area contributed by atoms with E-state index in [1.54, 1.807) is 18.2 Å². The lowest BCUT2D eigenvalue weighted by Gasteiger charge is -2.16. The minimum absolute atomic E-state index is 0.0589. The van der Waals surface area contributed by atoms with E-state index < -0.39 is 18.0 Å². The molecule has 1 aliphatic carbocycles. The van der Waals surface area contributed by atoms with Gasteiger partial charge in [0.25, 0.3) is 5.91 Å². The topological polar surface area (TPSA) is 109 Å². The number of hydrogen-bond acceptors (Lipinski definition) is 5. The Morgan fingerprint density at radius 3 is 2.29 bits per heavy atom. The molecule has 5 rings (SSSR count). The molecule has 3 aromatic rings. The van der Waals surface area contributed by atoms with E-state index in [0.29, 0.717) is 13.0 Å². The van der Waals surface area contributed by atoms with Crippen molar-refractivity contribution in [3.8, 4) is 11.1 Å². The van der Waals surface area contributed by atoms with Gasteiger partial charge >= 0.3 is 12.1 Å². The predicted molar refractivity (Wildman–Crippen MR) is 125 cm³/mol. The highest BCUT2D eigenvalue weighted by molar-refractivity contribution is 5.94. The number of fused-ring (bicyclic) bond motifs is 3. The van der Waals surface area contributed by atoms with E-state index in [9.17, 15) is 14.4 Å². The number of amides is 2. The Balaban J connectivity index is 1.23. The van der Waals surface area contributed by atoms with Crippen molar-refractivity contribution in [2.24, 2.45) is 5.92 Å². The number of aromatic nitrogens is 1. The van der Waals surface area contributed by atoms with Crippen LogP contribution >= 0.6 is 0 Å². The first-order valence-corrected chi connectivity index (χ1v) is 11.1. The number of carbonyl (C=O) groups is 3. The molecule has 8 heteroatoms. The van der Waals surface area contributed by atoms with Gasteiger partial charge in [0.05, 0.1) is 5.92 Å². The fraction of sp³-hybridized carbons (Fsp3) is 0.231. The van der Waals surface area contributed by atoms with Crippen molar-refractivity contribution in [2.45, 2.75) is 12.3 Å². The second-order valence-electron chi connectivity index (χ2n) is 8.43. The SMILES string of the molecule is O=C(Nc1cccc(C(=O)N2CCC(C(=O)O)C2)n1)OCC1c2ccccc2-c2ccccc21. The van der Waals surface area contributed by atoms with Gasteiger partial charge in [0.1, 0.15) is 18.1 Å². The number of nitrogens with zero attached hydrogens (tertiary/aromatic N) is 2. The summed E-state index contributed by atoms with van der Waals surface area (Å²) in [5, 5.41) is 11.7. The summed E-state index contributed by atoms with van der Waals surface area (Å²) in [7, 11) is 0. The first-order valence-electron chi connectivity index (χ1n) is 11.1. The molecule has 1 saturated heterocycles. The standard InChI is InChI=1S/C26H23N3O5/c30-24(29-13-12-16(14-29)25(31)32)22-10-5-11-23(27-22)28-26(33)34-15-21-19-8-3-1-6-17(19)18-7-2-4-9-20(18)21/h1-11,16,21H,12-15H2,(H,31,32)(H,27,28,33). The zero-order chi connectivity index (χ0) is 23.7. The first-order chi connectivity index (χ1) is 16.5. The van der Waals surface area contributed by atoms with Crippen LogP contribution in [0.1, 0.15) is 34.0 Å². The Hall–Kier alpha value is -4.20. The lowest BCUT2D eigenvalue weighted by Crippen LogP contribution is -2.30. The Labute approximate surface area is 196 Å². The van der Waals surface area contributed by atoms with Crippen molar-refractivity contribution in [1.82, 2.24) is 9.88 Å². The molecule has 1 aliphatic heterocycles. The van der Waals surface area contributed by atoms with Gasteiger partial charge in [-0.1, -0.05) is 54.6 Å². The molecule has 2 heterocycles. The van der Waals surface area contributed by atoms with Gasteiger partial charge in [0, 0.05) is 19.0 Å². The fourth-order valence-corrected chi connectivity index (χ4v) is 4.67. The van der Waals surface area contributed by atoms with Crippen LogP contribution < -0.4 is 5.32 Å². The maximum Gasteiger partial charge on any atom is 0.412 e. The molecule has 34 heavy (non-hydrogen) atoms. The fourth-order valence-electron chi connectivity index (χ4n) is 4.67. The van der Waals surface area contributed by atoms with Gasteiger partial charge in [-0.15, -0.1) is 0 Å². The number of nitrogens with one attached hydrogen (secondary N) is 1. The third kappa shape index (κ3) is 4.10. The van der Waals surface area contributed by atoms with Gasteiger partial charge in [0.15, 0.2) is 0 Å². The summed E-state index contributed by atoms with van der Waals surface area (Å²) in [4.78, 5) is 42.1. The van der Waals surface area contributed by atoms with Gasteiger partial charge in [0.2, 0.25) is 0 Å².